The van der Waals surface area contributed by atoms with Crippen LogP contribution in [0, 0.1) is 24.7 Å². The Labute approximate surface area is 330 Å². The summed E-state index contributed by atoms with van der Waals surface area (Å²) in [5.74, 6) is 3.56. The molecule has 5 aromatic rings. The molecule has 5 aliphatic rings. The van der Waals surface area contributed by atoms with E-state index in [0.717, 1.165) is 36.5 Å². The van der Waals surface area contributed by atoms with Crippen molar-refractivity contribution < 1.29 is 5.11 Å². The van der Waals surface area contributed by atoms with E-state index in [-0.39, 0.29) is 11.3 Å². The molecule has 4 aliphatic carbocycles. The molecule has 286 valence electrons. The number of para-hydroxylation sites is 1. The van der Waals surface area contributed by atoms with E-state index in [1.54, 1.807) is 0 Å². The van der Waals surface area contributed by atoms with Gasteiger partial charge in [-0.15, -0.1) is 0 Å². The van der Waals surface area contributed by atoms with Gasteiger partial charge in [-0.1, -0.05) is 0 Å². The number of hydrogen-bond acceptors (Lipinski definition) is 3. The number of anilines is 2. The minimum absolute atomic E-state index is 0.0829. The van der Waals surface area contributed by atoms with Crippen LogP contribution in [0.3, 0.4) is 0 Å². The number of rotatable bonds is 9. The molecule has 5 fully saturated rings. The van der Waals surface area contributed by atoms with Crippen LogP contribution in [0.4, 0.5) is 11.4 Å². The normalized spacial score (nSPS) is 25.5. The molecule has 0 amide bonds. The number of hydrogen-bond donors (Lipinski definition) is 1. The van der Waals surface area contributed by atoms with Crippen LogP contribution >= 0.6 is 6.60 Å². The van der Waals surface area contributed by atoms with Crippen molar-refractivity contribution >= 4 is 33.9 Å². The fourth-order valence-corrected chi connectivity index (χ4v) is 19.1. The molecular formula is C51H61N2OP. The van der Waals surface area contributed by atoms with Crippen molar-refractivity contribution in [3.8, 4) is 5.75 Å². The average Bonchev–Trinajstić information content (AvgIpc) is 3.64. The van der Waals surface area contributed by atoms with E-state index >= 15 is 0 Å². The van der Waals surface area contributed by atoms with E-state index in [9.17, 15) is 5.11 Å². The van der Waals surface area contributed by atoms with Crippen LogP contribution in [0.15, 0.2) is 121 Å². The van der Waals surface area contributed by atoms with Crippen LogP contribution < -0.4 is 25.7 Å². The summed E-state index contributed by atoms with van der Waals surface area (Å²) in [5, 5.41) is 17.2. The number of aromatic hydroxyl groups is 1. The second kappa shape index (κ2) is 13.5. The van der Waals surface area contributed by atoms with Crippen LogP contribution in [0.5, 0.6) is 5.75 Å². The van der Waals surface area contributed by atoms with Gasteiger partial charge in [-0.25, -0.2) is 0 Å². The minimum atomic E-state index is -3.54. The molecule has 1 unspecified atom stereocenters. The van der Waals surface area contributed by atoms with Crippen molar-refractivity contribution in [3.05, 3.63) is 144 Å². The molecule has 1 aliphatic heterocycles. The summed E-state index contributed by atoms with van der Waals surface area (Å²) >= 11 is 0. The van der Waals surface area contributed by atoms with E-state index in [2.05, 4.69) is 172 Å². The molecule has 1 N–H and O–H groups in total. The van der Waals surface area contributed by atoms with Crippen LogP contribution in [0.2, 0.25) is 0 Å². The molecule has 4 bridgehead atoms. The Morgan fingerprint density at radius 3 is 1.47 bits per heavy atom. The Morgan fingerprint density at radius 2 is 1.04 bits per heavy atom. The van der Waals surface area contributed by atoms with Crippen LogP contribution in [-0.2, 0) is 5.41 Å². The van der Waals surface area contributed by atoms with Gasteiger partial charge in [0, 0.05) is 0 Å². The van der Waals surface area contributed by atoms with Gasteiger partial charge in [-0.05, 0) is 0 Å². The predicted octanol–water partition coefficient (Wildman–Crippen LogP) is 11.2. The zero-order chi connectivity index (χ0) is 38.1. The summed E-state index contributed by atoms with van der Waals surface area (Å²) < 4.78 is 0. The maximum absolute atomic E-state index is 13.1. The quantitative estimate of drug-likeness (QED) is 0.152. The molecule has 55 heavy (non-hydrogen) atoms. The topological polar surface area (TPSA) is 26.7 Å². The average molecular weight is 749 g/mol. The Morgan fingerprint density at radius 1 is 0.600 bits per heavy atom. The molecular weight excluding hydrogens is 688 g/mol. The van der Waals surface area contributed by atoms with Crippen LogP contribution in [0.25, 0.3) is 0 Å². The Balaban J connectivity index is 1.37. The molecule has 10 rings (SSSR count). The number of phenolic OH excluding ortho intramolecular Hbond substituents is 1. The molecule has 4 heteroatoms. The molecule has 0 aromatic heterocycles. The van der Waals surface area contributed by atoms with Gasteiger partial charge in [-0.2, -0.15) is 0 Å². The second-order valence-electron chi connectivity index (χ2n) is 18.9. The third-order valence-corrected chi connectivity index (χ3v) is 21.4. The third kappa shape index (κ3) is 5.54. The van der Waals surface area contributed by atoms with E-state index in [0.29, 0.717) is 17.6 Å². The number of benzene rings is 5. The second-order valence-corrected chi connectivity index (χ2v) is 24.2. The molecule has 1 heterocycles. The molecule has 5 aromatic carbocycles. The van der Waals surface area contributed by atoms with E-state index < -0.39 is 6.60 Å². The Kier molecular flexibility index (Phi) is 9.01. The predicted molar refractivity (Wildman–Crippen MR) is 237 cm³/mol. The van der Waals surface area contributed by atoms with Gasteiger partial charge in [-0.3, -0.25) is 0 Å². The molecule has 3 nitrogen and oxygen atoms in total. The SMILES string of the molecule is Cc1cc(N2CCN(c3c(C(C)C)cccc3C(C)C)C2P(C)(c2ccccc2)(c2ccccc2)c2ccccc2)c(O)c(C23CC4CC(CC(C4)C2)C3)c1. The molecule has 1 atom stereocenters. The van der Waals surface area contributed by atoms with Crippen LogP contribution in [0.1, 0.15) is 100 Å². The first-order valence-electron chi connectivity index (χ1n) is 21.2. The number of nitrogens with zero attached hydrogens (tertiary/aromatic N) is 2. The van der Waals surface area contributed by atoms with Gasteiger partial charge in [0.1, 0.15) is 0 Å². The first-order valence-corrected chi connectivity index (χ1v) is 24.0. The number of phenols is 1. The Hall–Kier alpha value is -4.07. The van der Waals surface area contributed by atoms with Gasteiger partial charge in [0.15, 0.2) is 0 Å². The van der Waals surface area contributed by atoms with Crippen molar-refractivity contribution in [2.45, 2.75) is 96.3 Å². The standard InChI is InChI=1S/C51H61N2OP/c1-35(2)44-23-16-24-45(36(3)4)48(44)53-26-25-52(47-28-37(5)27-46(49(47)54)51-32-38-29-39(33-51)31-40(30-38)34-51)50(53)55(6,41-17-10-7-11-18-41,42-19-12-8-13-20-42)43-21-14-9-15-22-43/h7-24,27-28,35-36,38-40,50,54H,25-26,29-34H2,1-6H3. The molecule has 4 saturated carbocycles. The zero-order valence-electron chi connectivity index (χ0n) is 34.0. The summed E-state index contributed by atoms with van der Waals surface area (Å²) in [5.41, 5.74) is 7.79. The van der Waals surface area contributed by atoms with Crippen molar-refractivity contribution in [2.24, 2.45) is 17.8 Å². The summed E-state index contributed by atoms with van der Waals surface area (Å²) in [6, 6.07) is 46.1. The van der Waals surface area contributed by atoms with Crippen molar-refractivity contribution in [1.29, 1.82) is 0 Å². The van der Waals surface area contributed by atoms with Gasteiger partial charge in [0.05, 0.1) is 0 Å². The Bertz CT molecular complexity index is 2020. The summed E-state index contributed by atoms with van der Waals surface area (Å²) in [7, 11) is 0. The molecule has 1 saturated heterocycles. The summed E-state index contributed by atoms with van der Waals surface area (Å²) in [6.45, 7) is 12.5. The molecule has 0 spiro atoms. The van der Waals surface area contributed by atoms with E-state index in [1.165, 1.54) is 82.4 Å². The zero-order valence-corrected chi connectivity index (χ0v) is 34.9. The summed E-state index contributed by atoms with van der Waals surface area (Å²) in [4.78, 5) is 5.51. The molecule has 0 radical (unpaired) electrons. The van der Waals surface area contributed by atoms with Crippen LogP contribution in [-0.4, -0.2) is 30.8 Å². The monoisotopic (exact) mass is 748 g/mol. The van der Waals surface area contributed by atoms with Gasteiger partial charge >= 0.3 is 332 Å². The summed E-state index contributed by atoms with van der Waals surface area (Å²) in [6.07, 6.45) is 7.88. The first-order chi connectivity index (χ1) is 26.5. The van der Waals surface area contributed by atoms with Crippen molar-refractivity contribution in [2.75, 3.05) is 29.6 Å². The van der Waals surface area contributed by atoms with Crippen molar-refractivity contribution in [1.82, 2.24) is 0 Å². The van der Waals surface area contributed by atoms with Crippen molar-refractivity contribution in [3.63, 3.8) is 0 Å². The van der Waals surface area contributed by atoms with E-state index in [1.807, 2.05) is 0 Å². The number of aryl methyl sites for hydroxylation is 1. The van der Waals surface area contributed by atoms with Gasteiger partial charge < -0.3 is 0 Å². The maximum atomic E-state index is 13.1. The van der Waals surface area contributed by atoms with E-state index in [4.69, 9.17) is 0 Å². The van der Waals surface area contributed by atoms with Gasteiger partial charge in [0.25, 0.3) is 0 Å². The fourth-order valence-electron chi connectivity index (χ4n) is 12.7. The first kappa shape index (κ1) is 36.6. The fraction of sp³-hybridized carbons (Fsp3) is 0.412. The third-order valence-electron chi connectivity index (χ3n) is 14.8. The van der Waals surface area contributed by atoms with Gasteiger partial charge in [0.2, 0.25) is 0 Å².